The van der Waals surface area contributed by atoms with Crippen molar-refractivity contribution in [1.29, 1.82) is 0 Å². The van der Waals surface area contributed by atoms with Crippen molar-refractivity contribution < 1.29 is 4.79 Å². The first kappa shape index (κ1) is 16.0. The molecule has 23 heavy (non-hydrogen) atoms. The van der Waals surface area contributed by atoms with Gasteiger partial charge >= 0.3 is 0 Å². The molecule has 0 bridgehead atoms. The molecule has 2 aromatic rings. The molecule has 1 aromatic heterocycles. The van der Waals surface area contributed by atoms with Gasteiger partial charge in [0.2, 0.25) is 11.1 Å². The molecule has 1 aliphatic rings. The zero-order valence-corrected chi connectivity index (χ0v) is 14.4. The number of nitrogens with zero attached hydrogens (tertiary/aromatic N) is 4. The molecule has 2 unspecified atom stereocenters. The van der Waals surface area contributed by atoms with E-state index in [0.29, 0.717) is 6.04 Å². The molecule has 1 aliphatic carbocycles. The average Bonchev–Trinajstić information content (AvgIpc) is 3.27. The monoisotopic (exact) mass is 331 g/mol. The summed E-state index contributed by atoms with van der Waals surface area (Å²) in [6, 6.07) is 8.49. The van der Waals surface area contributed by atoms with E-state index in [0.717, 1.165) is 23.6 Å². The van der Waals surface area contributed by atoms with Crippen LogP contribution in [0.15, 0.2) is 29.4 Å². The van der Waals surface area contributed by atoms with Crippen LogP contribution >= 0.6 is 11.8 Å². The highest BCUT2D eigenvalue weighted by Crippen LogP contribution is 2.37. The fraction of sp³-hybridized carbons (Fsp3) is 0.500. The third-order valence-corrected chi connectivity index (χ3v) is 5.07. The number of hydrogen-bond donors (Lipinski definition) is 1. The van der Waals surface area contributed by atoms with Crippen molar-refractivity contribution in [3.63, 3.8) is 0 Å². The van der Waals surface area contributed by atoms with Gasteiger partial charge in [0.15, 0.2) is 0 Å². The maximum Gasteiger partial charge on any atom is 0.233 e. The second kappa shape index (κ2) is 6.70. The molecule has 0 saturated heterocycles. The number of amides is 1. The quantitative estimate of drug-likeness (QED) is 0.824. The van der Waals surface area contributed by atoms with E-state index >= 15 is 0 Å². The van der Waals surface area contributed by atoms with Crippen LogP contribution in [-0.2, 0) is 4.79 Å². The van der Waals surface area contributed by atoms with Gasteiger partial charge in [-0.2, -0.15) is 0 Å². The molecule has 6 nitrogen and oxygen atoms in total. The summed E-state index contributed by atoms with van der Waals surface area (Å²) >= 11 is 1.41. The third-order valence-electron chi connectivity index (χ3n) is 4.02. The fourth-order valence-corrected chi connectivity index (χ4v) is 3.37. The number of carbonyl (C=O) groups excluding carboxylic acids is 1. The first-order valence-electron chi connectivity index (χ1n) is 7.86. The molecular formula is C16H21N5OS. The minimum absolute atomic E-state index is 0.00361. The molecule has 1 saturated carbocycles. The van der Waals surface area contributed by atoms with Gasteiger partial charge in [0.25, 0.3) is 0 Å². The molecule has 1 amide bonds. The van der Waals surface area contributed by atoms with Crippen LogP contribution in [0.4, 0.5) is 0 Å². The predicted molar refractivity (Wildman–Crippen MR) is 89.1 cm³/mol. The lowest BCUT2D eigenvalue weighted by Gasteiger charge is -2.19. The SMILES string of the molecule is Cc1ccccc1C(C)NC(=O)C(C)Sc1nnnn1C1CC1. The van der Waals surface area contributed by atoms with Crippen LogP contribution in [-0.4, -0.2) is 31.4 Å². The Morgan fingerprint density at radius 2 is 2.09 bits per heavy atom. The Kier molecular flexibility index (Phi) is 4.66. The van der Waals surface area contributed by atoms with Gasteiger partial charge in [0, 0.05) is 0 Å². The number of hydrogen-bond acceptors (Lipinski definition) is 5. The topological polar surface area (TPSA) is 72.7 Å². The number of aryl methyl sites for hydroxylation is 1. The maximum absolute atomic E-state index is 12.5. The minimum atomic E-state index is -0.245. The van der Waals surface area contributed by atoms with Gasteiger partial charge in [-0.3, -0.25) is 4.79 Å². The maximum atomic E-state index is 12.5. The molecule has 1 N–H and O–H groups in total. The number of thioether (sulfide) groups is 1. The third kappa shape index (κ3) is 3.72. The molecule has 3 rings (SSSR count). The molecule has 122 valence electrons. The zero-order chi connectivity index (χ0) is 16.4. The number of rotatable bonds is 6. The standard InChI is InChI=1S/C16H21N5OS/c1-10-6-4-5-7-14(10)11(2)17-15(22)12(3)23-16-18-19-20-21(16)13-8-9-13/h4-7,11-13H,8-9H2,1-3H3,(H,17,22). The summed E-state index contributed by atoms with van der Waals surface area (Å²) in [7, 11) is 0. The van der Waals surface area contributed by atoms with Gasteiger partial charge in [0.05, 0.1) is 17.3 Å². The van der Waals surface area contributed by atoms with Crippen LogP contribution in [0.5, 0.6) is 0 Å². The Morgan fingerprint density at radius 1 is 1.35 bits per heavy atom. The normalized spacial score (nSPS) is 16.8. The van der Waals surface area contributed by atoms with Crippen LogP contribution in [0.2, 0.25) is 0 Å². The number of aromatic nitrogens is 4. The van der Waals surface area contributed by atoms with E-state index in [1.165, 1.54) is 17.3 Å². The van der Waals surface area contributed by atoms with Crippen LogP contribution in [0, 0.1) is 6.92 Å². The number of benzene rings is 1. The molecule has 1 fully saturated rings. The van der Waals surface area contributed by atoms with E-state index in [1.54, 1.807) is 0 Å². The molecule has 0 aliphatic heterocycles. The fourth-order valence-electron chi connectivity index (χ4n) is 2.50. The van der Waals surface area contributed by atoms with Crippen molar-refractivity contribution in [2.75, 3.05) is 0 Å². The Morgan fingerprint density at radius 3 is 2.78 bits per heavy atom. The summed E-state index contributed by atoms with van der Waals surface area (Å²) in [5, 5.41) is 15.3. The molecule has 7 heteroatoms. The first-order chi connectivity index (χ1) is 11.1. The molecule has 2 atom stereocenters. The molecular weight excluding hydrogens is 310 g/mol. The highest BCUT2D eigenvalue weighted by Gasteiger charge is 2.29. The predicted octanol–water partition coefficient (Wildman–Crippen LogP) is 2.67. The van der Waals surface area contributed by atoms with E-state index in [-0.39, 0.29) is 17.2 Å². The van der Waals surface area contributed by atoms with Crippen LogP contribution < -0.4 is 5.32 Å². The van der Waals surface area contributed by atoms with E-state index in [9.17, 15) is 4.79 Å². The van der Waals surface area contributed by atoms with E-state index in [1.807, 2.05) is 36.7 Å². The number of carbonyl (C=O) groups is 1. The van der Waals surface area contributed by atoms with Crippen molar-refractivity contribution in [2.45, 2.75) is 56.1 Å². The second-order valence-corrected chi connectivity index (χ2v) is 7.29. The first-order valence-corrected chi connectivity index (χ1v) is 8.74. The Bertz CT molecular complexity index is 697. The van der Waals surface area contributed by atoms with Gasteiger partial charge in [-0.05, 0) is 55.2 Å². The van der Waals surface area contributed by atoms with Crippen molar-refractivity contribution in [3.05, 3.63) is 35.4 Å². The van der Waals surface area contributed by atoms with Gasteiger partial charge < -0.3 is 5.32 Å². The molecule has 0 spiro atoms. The lowest BCUT2D eigenvalue weighted by atomic mass is 10.0. The number of tetrazole rings is 1. The van der Waals surface area contributed by atoms with Gasteiger partial charge in [-0.15, -0.1) is 5.10 Å². The van der Waals surface area contributed by atoms with Crippen molar-refractivity contribution in [3.8, 4) is 0 Å². The molecule has 1 aromatic carbocycles. The summed E-state index contributed by atoms with van der Waals surface area (Å²) in [5.41, 5.74) is 2.32. The van der Waals surface area contributed by atoms with E-state index in [4.69, 9.17) is 0 Å². The van der Waals surface area contributed by atoms with E-state index in [2.05, 4.69) is 33.8 Å². The number of nitrogens with one attached hydrogen (secondary N) is 1. The van der Waals surface area contributed by atoms with Crippen molar-refractivity contribution in [2.24, 2.45) is 0 Å². The summed E-state index contributed by atoms with van der Waals surface area (Å²) in [4.78, 5) is 12.5. The smallest absolute Gasteiger partial charge is 0.233 e. The summed E-state index contributed by atoms with van der Waals surface area (Å²) in [6.07, 6.45) is 2.23. The van der Waals surface area contributed by atoms with Crippen LogP contribution in [0.1, 0.15) is 49.9 Å². The van der Waals surface area contributed by atoms with Gasteiger partial charge in [-0.1, -0.05) is 36.0 Å². The lowest BCUT2D eigenvalue weighted by Crippen LogP contribution is -2.33. The largest absolute Gasteiger partial charge is 0.349 e. The zero-order valence-electron chi connectivity index (χ0n) is 13.6. The highest BCUT2D eigenvalue weighted by atomic mass is 32.2. The van der Waals surface area contributed by atoms with Crippen molar-refractivity contribution in [1.82, 2.24) is 25.5 Å². The molecule has 0 radical (unpaired) electrons. The molecule has 1 heterocycles. The summed E-state index contributed by atoms with van der Waals surface area (Å²) < 4.78 is 1.83. The lowest BCUT2D eigenvalue weighted by molar-refractivity contribution is -0.120. The average molecular weight is 331 g/mol. The summed E-state index contributed by atoms with van der Waals surface area (Å²) in [6.45, 7) is 5.95. The van der Waals surface area contributed by atoms with Gasteiger partial charge in [0.1, 0.15) is 0 Å². The minimum Gasteiger partial charge on any atom is -0.349 e. The van der Waals surface area contributed by atoms with E-state index < -0.39 is 0 Å². The van der Waals surface area contributed by atoms with Gasteiger partial charge in [-0.25, -0.2) is 4.68 Å². The Labute approximate surface area is 140 Å². The Balaban J connectivity index is 1.61. The highest BCUT2D eigenvalue weighted by molar-refractivity contribution is 8.00. The second-order valence-electron chi connectivity index (χ2n) is 5.98. The summed E-state index contributed by atoms with van der Waals surface area (Å²) in [5.74, 6) is -0.00361. The van der Waals surface area contributed by atoms with Crippen molar-refractivity contribution >= 4 is 17.7 Å². The van der Waals surface area contributed by atoms with Crippen LogP contribution in [0.25, 0.3) is 0 Å². The Hall–Kier alpha value is -1.89. The van der Waals surface area contributed by atoms with Crippen LogP contribution in [0.3, 0.4) is 0 Å².